The van der Waals surface area contributed by atoms with Crippen molar-refractivity contribution < 1.29 is 4.79 Å². The van der Waals surface area contributed by atoms with Crippen molar-refractivity contribution in [2.75, 3.05) is 18.4 Å². The molecule has 1 saturated heterocycles. The third-order valence-corrected chi connectivity index (χ3v) is 4.49. The Kier molecular flexibility index (Phi) is 5.07. The first-order valence-electron chi connectivity index (χ1n) is 6.27. The van der Waals surface area contributed by atoms with Gasteiger partial charge in [-0.2, -0.15) is 0 Å². The maximum atomic E-state index is 12.2. The van der Waals surface area contributed by atoms with Crippen LogP contribution in [0.3, 0.4) is 0 Å². The topological polar surface area (TPSA) is 20.3 Å². The number of halogens is 2. The Morgan fingerprint density at radius 1 is 1.50 bits per heavy atom. The minimum Gasteiger partial charge on any atom is -0.342 e. The van der Waals surface area contributed by atoms with Gasteiger partial charge < -0.3 is 4.90 Å². The summed E-state index contributed by atoms with van der Waals surface area (Å²) in [6, 6.07) is 7.54. The van der Waals surface area contributed by atoms with Crippen LogP contribution in [0.4, 0.5) is 0 Å². The van der Waals surface area contributed by atoms with E-state index in [0.717, 1.165) is 30.4 Å². The van der Waals surface area contributed by atoms with Crippen molar-refractivity contribution in [3.05, 3.63) is 34.9 Å². The predicted molar refractivity (Wildman–Crippen MR) is 78.3 cm³/mol. The minimum atomic E-state index is 0.211. The van der Waals surface area contributed by atoms with Crippen molar-refractivity contribution in [2.45, 2.75) is 19.3 Å². The van der Waals surface area contributed by atoms with Crippen molar-refractivity contribution in [3.8, 4) is 0 Å². The molecule has 98 valence electrons. The van der Waals surface area contributed by atoms with Crippen LogP contribution in [0, 0.1) is 5.92 Å². The Labute approximate surface area is 121 Å². The molecule has 2 nitrogen and oxygen atoms in total. The van der Waals surface area contributed by atoms with Crippen molar-refractivity contribution >= 4 is 33.4 Å². The molecule has 0 saturated carbocycles. The number of likely N-dealkylation sites (tertiary alicyclic amines) is 1. The Bertz CT molecular complexity index is 424. The van der Waals surface area contributed by atoms with E-state index in [2.05, 4.69) is 15.9 Å². The molecule has 1 unspecified atom stereocenters. The highest BCUT2D eigenvalue weighted by Crippen LogP contribution is 2.19. The van der Waals surface area contributed by atoms with Crippen LogP contribution in [-0.2, 0) is 11.2 Å². The quantitative estimate of drug-likeness (QED) is 0.777. The molecule has 18 heavy (non-hydrogen) atoms. The fourth-order valence-electron chi connectivity index (χ4n) is 2.35. The average molecular weight is 331 g/mol. The summed E-state index contributed by atoms with van der Waals surface area (Å²) in [5, 5.41) is 1.67. The van der Waals surface area contributed by atoms with Crippen LogP contribution in [-0.4, -0.2) is 29.2 Å². The van der Waals surface area contributed by atoms with Gasteiger partial charge in [0.1, 0.15) is 0 Å². The Morgan fingerprint density at radius 3 is 3.06 bits per heavy atom. The van der Waals surface area contributed by atoms with Crippen molar-refractivity contribution in [3.63, 3.8) is 0 Å². The second-order valence-corrected chi connectivity index (χ2v) is 5.89. The monoisotopic (exact) mass is 329 g/mol. The van der Waals surface area contributed by atoms with Crippen molar-refractivity contribution in [1.82, 2.24) is 4.90 Å². The molecule has 0 aromatic heterocycles. The third-order valence-electron chi connectivity index (χ3n) is 3.33. The lowest BCUT2D eigenvalue weighted by Crippen LogP contribution is -2.41. The summed E-state index contributed by atoms with van der Waals surface area (Å²) in [6.07, 6.45) is 2.78. The summed E-state index contributed by atoms with van der Waals surface area (Å²) in [5.74, 6) is 0.810. The number of amides is 1. The normalized spacial score (nSPS) is 19.9. The van der Waals surface area contributed by atoms with Gasteiger partial charge in [0.25, 0.3) is 0 Å². The highest BCUT2D eigenvalue weighted by molar-refractivity contribution is 9.09. The van der Waals surface area contributed by atoms with E-state index in [1.165, 1.54) is 6.42 Å². The Hall–Kier alpha value is -0.540. The first-order chi connectivity index (χ1) is 8.69. The highest BCUT2D eigenvalue weighted by Gasteiger charge is 2.22. The van der Waals surface area contributed by atoms with Gasteiger partial charge in [0.2, 0.25) is 5.91 Å². The molecule has 0 bridgehead atoms. The summed E-state index contributed by atoms with van der Waals surface area (Å²) >= 11 is 9.44. The molecule has 1 aliphatic rings. The molecule has 1 aliphatic heterocycles. The number of benzene rings is 1. The summed E-state index contributed by atoms with van der Waals surface area (Å²) in [4.78, 5) is 14.2. The Balaban J connectivity index is 1.95. The molecule has 4 heteroatoms. The molecule has 1 heterocycles. The van der Waals surface area contributed by atoms with Gasteiger partial charge >= 0.3 is 0 Å². The molecule has 1 aromatic rings. The van der Waals surface area contributed by atoms with E-state index < -0.39 is 0 Å². The number of hydrogen-bond acceptors (Lipinski definition) is 1. The number of hydrogen-bond donors (Lipinski definition) is 0. The van der Waals surface area contributed by atoms with Gasteiger partial charge in [0.05, 0.1) is 6.42 Å². The summed E-state index contributed by atoms with van der Waals surface area (Å²) < 4.78 is 0. The predicted octanol–water partition coefficient (Wildman–Crippen LogP) is 3.52. The van der Waals surface area contributed by atoms with E-state index in [1.807, 2.05) is 29.2 Å². The summed E-state index contributed by atoms with van der Waals surface area (Å²) in [5.41, 5.74) is 0.994. The molecular formula is C14H17BrClNO. The van der Waals surface area contributed by atoms with E-state index >= 15 is 0 Å². The minimum absolute atomic E-state index is 0.211. The standard InChI is InChI=1S/C14H17BrClNO/c15-9-12-4-2-6-17(10-12)14(18)8-11-3-1-5-13(16)7-11/h1,3,5,7,12H,2,4,6,8-10H2. The Morgan fingerprint density at radius 2 is 2.33 bits per heavy atom. The van der Waals surface area contributed by atoms with E-state index in [4.69, 9.17) is 11.6 Å². The second kappa shape index (κ2) is 6.58. The number of alkyl halides is 1. The van der Waals surface area contributed by atoms with Gasteiger partial charge in [0, 0.05) is 23.4 Å². The van der Waals surface area contributed by atoms with Crippen LogP contribution >= 0.6 is 27.5 Å². The van der Waals surface area contributed by atoms with Crippen LogP contribution in [0.2, 0.25) is 5.02 Å². The maximum Gasteiger partial charge on any atom is 0.226 e. The van der Waals surface area contributed by atoms with Crippen molar-refractivity contribution in [2.24, 2.45) is 5.92 Å². The summed E-state index contributed by atoms with van der Waals surface area (Å²) in [7, 11) is 0. The average Bonchev–Trinajstić information content (AvgIpc) is 2.39. The van der Waals surface area contributed by atoms with E-state index in [1.54, 1.807) is 0 Å². The van der Waals surface area contributed by atoms with Gasteiger partial charge in [-0.1, -0.05) is 39.7 Å². The number of rotatable bonds is 3. The van der Waals surface area contributed by atoms with Crippen LogP contribution in [0.25, 0.3) is 0 Å². The second-order valence-electron chi connectivity index (χ2n) is 4.81. The molecule has 0 spiro atoms. The third kappa shape index (κ3) is 3.72. The fraction of sp³-hybridized carbons (Fsp3) is 0.500. The zero-order chi connectivity index (χ0) is 13.0. The van der Waals surface area contributed by atoms with E-state index in [0.29, 0.717) is 17.4 Å². The first kappa shape index (κ1) is 13.9. The zero-order valence-corrected chi connectivity index (χ0v) is 12.6. The fourth-order valence-corrected chi connectivity index (χ4v) is 3.09. The molecular weight excluding hydrogens is 314 g/mol. The lowest BCUT2D eigenvalue weighted by Gasteiger charge is -2.32. The molecule has 2 rings (SSSR count). The molecule has 0 N–H and O–H groups in total. The van der Waals surface area contributed by atoms with E-state index in [-0.39, 0.29) is 5.91 Å². The number of nitrogens with zero attached hydrogens (tertiary/aromatic N) is 1. The SMILES string of the molecule is O=C(Cc1cccc(Cl)c1)N1CCCC(CBr)C1. The zero-order valence-electron chi connectivity index (χ0n) is 10.2. The van der Waals surface area contributed by atoms with Gasteiger partial charge in [-0.15, -0.1) is 0 Å². The molecule has 0 aliphatic carbocycles. The highest BCUT2D eigenvalue weighted by atomic mass is 79.9. The van der Waals surface area contributed by atoms with Gasteiger partial charge in [-0.05, 0) is 36.5 Å². The van der Waals surface area contributed by atoms with Crippen molar-refractivity contribution in [1.29, 1.82) is 0 Å². The largest absolute Gasteiger partial charge is 0.342 e. The number of piperidine rings is 1. The lowest BCUT2D eigenvalue weighted by molar-refractivity contribution is -0.132. The molecule has 1 aromatic carbocycles. The van der Waals surface area contributed by atoms with Gasteiger partial charge in [-0.25, -0.2) is 0 Å². The van der Waals surface area contributed by atoms with Crippen LogP contribution in [0.15, 0.2) is 24.3 Å². The molecule has 1 atom stereocenters. The smallest absolute Gasteiger partial charge is 0.226 e. The lowest BCUT2D eigenvalue weighted by atomic mass is 9.99. The number of carbonyl (C=O) groups is 1. The maximum absolute atomic E-state index is 12.2. The van der Waals surface area contributed by atoms with Gasteiger partial charge in [-0.3, -0.25) is 4.79 Å². The van der Waals surface area contributed by atoms with Gasteiger partial charge in [0.15, 0.2) is 0 Å². The van der Waals surface area contributed by atoms with Crippen LogP contribution < -0.4 is 0 Å². The molecule has 1 amide bonds. The molecule has 1 fully saturated rings. The van der Waals surface area contributed by atoms with Crippen LogP contribution in [0.1, 0.15) is 18.4 Å². The molecule has 0 radical (unpaired) electrons. The van der Waals surface area contributed by atoms with Crippen LogP contribution in [0.5, 0.6) is 0 Å². The first-order valence-corrected chi connectivity index (χ1v) is 7.77. The number of carbonyl (C=O) groups excluding carboxylic acids is 1. The van der Waals surface area contributed by atoms with E-state index in [9.17, 15) is 4.79 Å². The summed E-state index contributed by atoms with van der Waals surface area (Å²) in [6.45, 7) is 1.77.